The predicted molar refractivity (Wildman–Crippen MR) is 43.9 cm³/mol. The molecule has 1 rings (SSSR count). The van der Waals surface area contributed by atoms with Gasteiger partial charge in [-0.3, -0.25) is 0 Å². The molecule has 0 aliphatic heterocycles. The molecule has 64 valence electrons. The maximum atomic E-state index is 12.9. The van der Waals surface area contributed by atoms with E-state index in [1.54, 1.807) is 0 Å². The molecular weight excluding hydrogens is 233 g/mol. The van der Waals surface area contributed by atoms with Crippen LogP contribution in [0, 0.1) is 11.6 Å². The molecule has 0 atom stereocenters. The second-order valence-corrected chi connectivity index (χ2v) is 2.98. The van der Waals surface area contributed by atoms with Crippen molar-refractivity contribution in [3.8, 4) is 0 Å². The van der Waals surface area contributed by atoms with Gasteiger partial charge in [0.25, 0.3) is 0 Å². The molecule has 0 saturated heterocycles. The minimum absolute atomic E-state index is 0.00741. The van der Waals surface area contributed by atoms with Gasteiger partial charge in [0.05, 0.1) is 9.94 Å². The summed E-state index contributed by atoms with van der Waals surface area (Å²) in [6.07, 6.45) is 0. The first kappa shape index (κ1) is 9.63. The highest BCUT2D eigenvalue weighted by Gasteiger charge is 2.22. The van der Waals surface area contributed by atoms with Crippen molar-refractivity contribution in [1.29, 1.82) is 0 Å². The van der Waals surface area contributed by atoms with Crippen LogP contribution in [-0.2, 0) is 0 Å². The lowest BCUT2D eigenvalue weighted by Crippen LogP contribution is -2.35. The number of halogens is 3. The molecule has 1 aromatic rings. The van der Waals surface area contributed by atoms with Crippen LogP contribution in [0.1, 0.15) is 0 Å². The molecule has 0 unspecified atom stereocenters. The van der Waals surface area contributed by atoms with Crippen molar-refractivity contribution in [3.05, 3.63) is 28.2 Å². The van der Waals surface area contributed by atoms with E-state index in [9.17, 15) is 8.78 Å². The molecule has 0 fully saturated rings. The molecule has 2 N–H and O–H groups in total. The first-order chi connectivity index (χ1) is 5.54. The molecule has 1 aromatic carbocycles. The van der Waals surface area contributed by atoms with E-state index in [0.29, 0.717) is 0 Å². The first-order valence-electron chi connectivity index (χ1n) is 3.03. The van der Waals surface area contributed by atoms with E-state index in [-0.39, 0.29) is 4.47 Å². The first-order valence-corrected chi connectivity index (χ1v) is 3.83. The Morgan fingerprint density at radius 1 is 1.25 bits per heavy atom. The van der Waals surface area contributed by atoms with Gasteiger partial charge in [0.2, 0.25) is 0 Å². The zero-order valence-electron chi connectivity index (χ0n) is 5.76. The summed E-state index contributed by atoms with van der Waals surface area (Å²) >= 11 is 2.78. The molecule has 0 heterocycles. The quantitative estimate of drug-likeness (QED) is 0.548. The van der Waals surface area contributed by atoms with Crippen LogP contribution in [0.5, 0.6) is 0 Å². The molecule has 6 heteroatoms. The zero-order valence-corrected chi connectivity index (χ0v) is 7.35. The van der Waals surface area contributed by atoms with Crippen LogP contribution in [-0.4, -0.2) is 17.2 Å². The third kappa shape index (κ3) is 1.65. The highest BCUT2D eigenvalue weighted by atomic mass is 79.9. The Balaban J connectivity index is 3.33. The summed E-state index contributed by atoms with van der Waals surface area (Å²) in [6.45, 7) is 0. The SMILES string of the molecule is OB(O)c1c(F)ccc(Br)c1F. The van der Waals surface area contributed by atoms with Crippen LogP contribution in [0.15, 0.2) is 16.6 Å². The summed E-state index contributed by atoms with van der Waals surface area (Å²) < 4.78 is 25.6. The lowest BCUT2D eigenvalue weighted by molar-refractivity contribution is 0.419. The van der Waals surface area contributed by atoms with Crippen molar-refractivity contribution in [1.82, 2.24) is 0 Å². The van der Waals surface area contributed by atoms with Crippen LogP contribution in [0.2, 0.25) is 0 Å². The fraction of sp³-hybridized carbons (Fsp3) is 0. The molecule has 12 heavy (non-hydrogen) atoms. The van der Waals surface area contributed by atoms with Gasteiger partial charge >= 0.3 is 7.12 Å². The Kier molecular flexibility index (Phi) is 2.82. The molecule has 0 amide bonds. The third-order valence-electron chi connectivity index (χ3n) is 1.34. The summed E-state index contributed by atoms with van der Waals surface area (Å²) in [5.41, 5.74) is -0.746. The largest absolute Gasteiger partial charge is 0.494 e. The van der Waals surface area contributed by atoms with E-state index < -0.39 is 24.2 Å². The van der Waals surface area contributed by atoms with E-state index in [0.717, 1.165) is 12.1 Å². The molecule has 0 aliphatic carbocycles. The van der Waals surface area contributed by atoms with Gasteiger partial charge < -0.3 is 10.0 Å². The lowest BCUT2D eigenvalue weighted by atomic mass is 9.79. The van der Waals surface area contributed by atoms with Crippen LogP contribution in [0.3, 0.4) is 0 Å². The summed E-state index contributed by atoms with van der Waals surface area (Å²) in [4.78, 5) is 0. The highest BCUT2D eigenvalue weighted by molar-refractivity contribution is 9.10. The topological polar surface area (TPSA) is 40.5 Å². The highest BCUT2D eigenvalue weighted by Crippen LogP contribution is 2.14. The van der Waals surface area contributed by atoms with Crippen molar-refractivity contribution >= 4 is 28.5 Å². The Labute approximate surface area is 76.1 Å². The molecule has 0 spiro atoms. The zero-order chi connectivity index (χ0) is 9.30. The number of hydrogen-bond acceptors (Lipinski definition) is 2. The predicted octanol–water partition coefficient (Wildman–Crippen LogP) is 0.407. The number of hydrogen-bond donors (Lipinski definition) is 2. The van der Waals surface area contributed by atoms with Crippen molar-refractivity contribution in [2.75, 3.05) is 0 Å². The standard InChI is InChI=1S/C6H4BBrF2O2/c8-3-1-2-4(9)5(6(3)10)7(11)12/h1-2,11-12H. The van der Waals surface area contributed by atoms with Gasteiger partial charge in [-0.2, -0.15) is 0 Å². The van der Waals surface area contributed by atoms with Crippen molar-refractivity contribution in [2.45, 2.75) is 0 Å². The molecule has 0 saturated carbocycles. The monoisotopic (exact) mass is 236 g/mol. The number of rotatable bonds is 1. The van der Waals surface area contributed by atoms with Crippen LogP contribution < -0.4 is 5.46 Å². The van der Waals surface area contributed by atoms with Gasteiger partial charge in [-0.1, -0.05) is 0 Å². The Hall–Kier alpha value is -0.455. The lowest BCUT2D eigenvalue weighted by Gasteiger charge is -2.03. The second kappa shape index (κ2) is 3.51. The van der Waals surface area contributed by atoms with Crippen molar-refractivity contribution in [3.63, 3.8) is 0 Å². The van der Waals surface area contributed by atoms with E-state index >= 15 is 0 Å². The molecule has 0 aromatic heterocycles. The van der Waals surface area contributed by atoms with Gasteiger partial charge in [0.1, 0.15) is 11.6 Å². The van der Waals surface area contributed by atoms with Gasteiger partial charge in [-0.05, 0) is 28.1 Å². The molecule has 0 radical (unpaired) electrons. The average molecular weight is 237 g/mol. The Morgan fingerprint density at radius 2 is 1.83 bits per heavy atom. The third-order valence-corrected chi connectivity index (χ3v) is 1.95. The maximum absolute atomic E-state index is 12.9. The van der Waals surface area contributed by atoms with Gasteiger partial charge in [-0.15, -0.1) is 0 Å². The summed E-state index contributed by atoms with van der Waals surface area (Å²) in [6, 6.07) is 2.10. The van der Waals surface area contributed by atoms with Crippen molar-refractivity contribution in [2.24, 2.45) is 0 Å². The number of benzene rings is 1. The Bertz CT molecular complexity index is 306. The van der Waals surface area contributed by atoms with Crippen LogP contribution in [0.4, 0.5) is 8.78 Å². The summed E-state index contributed by atoms with van der Waals surface area (Å²) in [5, 5.41) is 17.1. The van der Waals surface area contributed by atoms with Gasteiger partial charge in [0, 0.05) is 0 Å². The fourth-order valence-electron chi connectivity index (χ4n) is 0.779. The van der Waals surface area contributed by atoms with E-state index in [1.165, 1.54) is 0 Å². The molecule has 2 nitrogen and oxygen atoms in total. The minimum atomic E-state index is -2.14. The van der Waals surface area contributed by atoms with E-state index in [4.69, 9.17) is 10.0 Å². The normalized spacial score (nSPS) is 10.1. The fourth-order valence-corrected chi connectivity index (χ4v) is 1.13. The van der Waals surface area contributed by atoms with Gasteiger partial charge in [0.15, 0.2) is 0 Å². The average Bonchev–Trinajstić information content (AvgIpc) is 1.97. The van der Waals surface area contributed by atoms with Crippen molar-refractivity contribution < 1.29 is 18.8 Å². The van der Waals surface area contributed by atoms with Gasteiger partial charge in [-0.25, -0.2) is 8.78 Å². The molecule has 0 aliphatic rings. The Morgan fingerprint density at radius 3 is 2.25 bits per heavy atom. The summed E-state index contributed by atoms with van der Waals surface area (Å²) in [7, 11) is -2.14. The second-order valence-electron chi connectivity index (χ2n) is 2.13. The van der Waals surface area contributed by atoms with Crippen LogP contribution in [0.25, 0.3) is 0 Å². The van der Waals surface area contributed by atoms with E-state index in [2.05, 4.69) is 15.9 Å². The molecule has 0 bridgehead atoms. The maximum Gasteiger partial charge on any atom is 0.494 e. The minimum Gasteiger partial charge on any atom is -0.423 e. The summed E-state index contributed by atoms with van der Waals surface area (Å²) in [5.74, 6) is -1.98. The van der Waals surface area contributed by atoms with Crippen LogP contribution >= 0.6 is 15.9 Å². The van der Waals surface area contributed by atoms with E-state index in [1.807, 2.05) is 0 Å². The molecular formula is C6H4BBrF2O2. The smallest absolute Gasteiger partial charge is 0.423 e.